The van der Waals surface area contributed by atoms with Crippen LogP contribution in [0.2, 0.25) is 0 Å². The zero-order valence-electron chi connectivity index (χ0n) is 9.45. The molecule has 0 heterocycles. The minimum Gasteiger partial charge on any atom is -0.466 e. The van der Waals surface area contributed by atoms with E-state index >= 15 is 0 Å². The molecule has 0 aromatic carbocycles. The third-order valence-electron chi connectivity index (χ3n) is 1.77. The van der Waals surface area contributed by atoms with Gasteiger partial charge >= 0.3 is 11.9 Å². The van der Waals surface area contributed by atoms with Gasteiger partial charge in [-0.1, -0.05) is 6.92 Å². The molecule has 0 saturated carbocycles. The van der Waals surface area contributed by atoms with Crippen LogP contribution in [0.5, 0.6) is 0 Å². The van der Waals surface area contributed by atoms with Gasteiger partial charge in [0.2, 0.25) is 0 Å². The van der Waals surface area contributed by atoms with E-state index in [4.69, 9.17) is 14.2 Å². The summed E-state index contributed by atoms with van der Waals surface area (Å²) in [5.74, 6) is -0.647. The number of rotatable bonds is 7. The first-order chi connectivity index (χ1) is 7.11. The second kappa shape index (κ2) is 8.23. The first kappa shape index (κ1) is 13.9. The Labute approximate surface area is 89.7 Å². The average Bonchev–Trinajstić information content (AvgIpc) is 2.26. The molecule has 0 bridgehead atoms. The first-order valence-corrected chi connectivity index (χ1v) is 4.96. The Morgan fingerprint density at radius 2 is 1.80 bits per heavy atom. The SMILES string of the molecule is CCC(=O)OCCCOC(=O)C(C)OC. The molecule has 15 heavy (non-hydrogen) atoms. The van der Waals surface area contributed by atoms with Gasteiger partial charge in [-0.25, -0.2) is 4.79 Å². The molecule has 88 valence electrons. The highest BCUT2D eigenvalue weighted by Crippen LogP contribution is 1.94. The predicted octanol–water partition coefficient (Wildman–Crippen LogP) is 0.908. The van der Waals surface area contributed by atoms with Gasteiger partial charge in [-0.3, -0.25) is 4.79 Å². The third-order valence-corrected chi connectivity index (χ3v) is 1.77. The maximum atomic E-state index is 11.1. The largest absolute Gasteiger partial charge is 0.466 e. The summed E-state index contributed by atoms with van der Waals surface area (Å²) in [7, 11) is 1.44. The van der Waals surface area contributed by atoms with Crippen molar-refractivity contribution in [1.29, 1.82) is 0 Å². The normalized spacial score (nSPS) is 11.9. The molecule has 0 aliphatic rings. The molecular formula is C10H18O5. The Kier molecular flexibility index (Phi) is 7.62. The highest BCUT2D eigenvalue weighted by molar-refractivity contribution is 5.74. The predicted molar refractivity (Wildman–Crippen MR) is 53.3 cm³/mol. The van der Waals surface area contributed by atoms with Crippen molar-refractivity contribution < 1.29 is 23.8 Å². The van der Waals surface area contributed by atoms with E-state index in [1.165, 1.54) is 7.11 Å². The van der Waals surface area contributed by atoms with E-state index < -0.39 is 12.1 Å². The molecule has 0 aliphatic carbocycles. The number of esters is 2. The summed E-state index contributed by atoms with van der Waals surface area (Å²) in [5, 5.41) is 0. The second-order valence-electron chi connectivity index (χ2n) is 2.97. The third kappa shape index (κ3) is 6.90. The molecule has 0 rings (SSSR count). The van der Waals surface area contributed by atoms with E-state index in [0.29, 0.717) is 12.8 Å². The van der Waals surface area contributed by atoms with Crippen LogP contribution in [0.4, 0.5) is 0 Å². The Hall–Kier alpha value is -1.10. The van der Waals surface area contributed by atoms with Gasteiger partial charge in [0.05, 0.1) is 13.2 Å². The van der Waals surface area contributed by atoms with Crippen LogP contribution in [0, 0.1) is 0 Å². The van der Waals surface area contributed by atoms with Crippen LogP contribution in [0.15, 0.2) is 0 Å². The first-order valence-electron chi connectivity index (χ1n) is 4.96. The number of ether oxygens (including phenoxy) is 3. The summed E-state index contributed by atoms with van der Waals surface area (Å²) < 4.78 is 14.4. The molecular weight excluding hydrogens is 200 g/mol. The fraction of sp³-hybridized carbons (Fsp3) is 0.800. The standard InChI is InChI=1S/C10H18O5/c1-4-9(11)14-6-5-7-15-10(12)8(2)13-3/h8H,4-7H2,1-3H3. The van der Waals surface area contributed by atoms with Crippen LogP contribution in [-0.4, -0.2) is 38.4 Å². The average molecular weight is 218 g/mol. The minimum absolute atomic E-state index is 0.240. The quantitative estimate of drug-likeness (QED) is 0.469. The molecule has 0 N–H and O–H groups in total. The van der Waals surface area contributed by atoms with Crippen LogP contribution in [0.3, 0.4) is 0 Å². The van der Waals surface area contributed by atoms with Crippen LogP contribution in [0.1, 0.15) is 26.7 Å². The summed E-state index contributed by atoms with van der Waals surface area (Å²) in [6.45, 7) is 3.85. The summed E-state index contributed by atoms with van der Waals surface area (Å²) in [6, 6.07) is 0. The Morgan fingerprint density at radius 3 is 2.33 bits per heavy atom. The van der Waals surface area contributed by atoms with Gasteiger partial charge in [0, 0.05) is 20.0 Å². The van der Waals surface area contributed by atoms with E-state index in [2.05, 4.69) is 0 Å². The van der Waals surface area contributed by atoms with Gasteiger partial charge in [0.1, 0.15) is 0 Å². The van der Waals surface area contributed by atoms with Crippen LogP contribution < -0.4 is 0 Å². The highest BCUT2D eigenvalue weighted by Gasteiger charge is 2.12. The number of carbonyl (C=O) groups is 2. The molecule has 0 aliphatic heterocycles. The minimum atomic E-state index is -0.553. The molecule has 0 aromatic heterocycles. The van der Waals surface area contributed by atoms with Crippen LogP contribution in [0.25, 0.3) is 0 Å². The molecule has 0 fully saturated rings. The lowest BCUT2D eigenvalue weighted by Crippen LogP contribution is -2.22. The smallest absolute Gasteiger partial charge is 0.334 e. The second-order valence-corrected chi connectivity index (χ2v) is 2.97. The van der Waals surface area contributed by atoms with E-state index in [0.717, 1.165) is 0 Å². The highest BCUT2D eigenvalue weighted by atomic mass is 16.6. The zero-order chi connectivity index (χ0) is 11.7. The van der Waals surface area contributed by atoms with Gasteiger partial charge in [-0.2, -0.15) is 0 Å². The Morgan fingerprint density at radius 1 is 1.20 bits per heavy atom. The monoisotopic (exact) mass is 218 g/mol. The van der Waals surface area contributed by atoms with Crippen molar-refractivity contribution in [2.75, 3.05) is 20.3 Å². The molecule has 5 heteroatoms. The zero-order valence-corrected chi connectivity index (χ0v) is 9.45. The number of methoxy groups -OCH3 is 1. The van der Waals surface area contributed by atoms with Crippen molar-refractivity contribution >= 4 is 11.9 Å². The van der Waals surface area contributed by atoms with Crippen molar-refractivity contribution in [3.05, 3.63) is 0 Å². The molecule has 0 saturated heterocycles. The van der Waals surface area contributed by atoms with Crippen molar-refractivity contribution in [3.63, 3.8) is 0 Å². The lowest BCUT2D eigenvalue weighted by atomic mass is 10.4. The Bertz CT molecular complexity index is 202. The molecule has 0 aromatic rings. The molecule has 5 nitrogen and oxygen atoms in total. The number of carbonyl (C=O) groups excluding carboxylic acids is 2. The Balaban J connectivity index is 3.39. The number of hydrogen-bond acceptors (Lipinski definition) is 5. The van der Waals surface area contributed by atoms with Crippen molar-refractivity contribution in [2.45, 2.75) is 32.8 Å². The topological polar surface area (TPSA) is 61.8 Å². The van der Waals surface area contributed by atoms with Crippen LogP contribution >= 0.6 is 0 Å². The molecule has 0 amide bonds. The summed E-state index contributed by atoms with van der Waals surface area (Å²) in [4.78, 5) is 21.8. The van der Waals surface area contributed by atoms with Gasteiger partial charge in [0.15, 0.2) is 6.10 Å². The molecule has 1 atom stereocenters. The van der Waals surface area contributed by atoms with Gasteiger partial charge < -0.3 is 14.2 Å². The van der Waals surface area contributed by atoms with Crippen molar-refractivity contribution in [1.82, 2.24) is 0 Å². The van der Waals surface area contributed by atoms with Crippen molar-refractivity contribution in [2.24, 2.45) is 0 Å². The van der Waals surface area contributed by atoms with E-state index in [1.807, 2.05) is 0 Å². The fourth-order valence-electron chi connectivity index (χ4n) is 0.733. The molecule has 0 radical (unpaired) electrons. The summed E-state index contributed by atoms with van der Waals surface area (Å²) >= 11 is 0. The molecule has 1 unspecified atom stereocenters. The number of hydrogen-bond donors (Lipinski definition) is 0. The van der Waals surface area contributed by atoms with E-state index in [9.17, 15) is 9.59 Å². The maximum Gasteiger partial charge on any atom is 0.334 e. The lowest BCUT2D eigenvalue weighted by Gasteiger charge is -2.09. The van der Waals surface area contributed by atoms with E-state index in [1.54, 1.807) is 13.8 Å². The van der Waals surface area contributed by atoms with E-state index in [-0.39, 0.29) is 19.2 Å². The maximum absolute atomic E-state index is 11.1. The molecule has 0 spiro atoms. The van der Waals surface area contributed by atoms with Gasteiger partial charge in [0.25, 0.3) is 0 Å². The fourth-order valence-corrected chi connectivity index (χ4v) is 0.733. The van der Waals surface area contributed by atoms with Gasteiger partial charge in [-0.05, 0) is 6.92 Å². The summed E-state index contributed by atoms with van der Waals surface area (Å²) in [5.41, 5.74) is 0. The van der Waals surface area contributed by atoms with Crippen LogP contribution in [-0.2, 0) is 23.8 Å². The van der Waals surface area contributed by atoms with Crippen molar-refractivity contribution in [3.8, 4) is 0 Å². The summed E-state index contributed by atoms with van der Waals surface area (Å²) in [6.07, 6.45) is 0.317. The lowest BCUT2D eigenvalue weighted by molar-refractivity contribution is -0.154. The van der Waals surface area contributed by atoms with Gasteiger partial charge in [-0.15, -0.1) is 0 Å².